The molecule has 2 N–H and O–H groups in total. The van der Waals surface area contributed by atoms with Crippen LogP contribution >= 0.6 is 0 Å². The topological polar surface area (TPSA) is 108 Å². The molecule has 0 radical (unpaired) electrons. The summed E-state index contributed by atoms with van der Waals surface area (Å²) in [5, 5.41) is 23.8. The van der Waals surface area contributed by atoms with Crippen molar-refractivity contribution in [3.8, 4) is 0 Å². The fraction of sp³-hybridized carbons (Fsp3) is 0.320. The molecule has 0 bridgehead atoms. The zero-order chi connectivity index (χ0) is 25.4. The molecule has 178 valence electrons. The van der Waals surface area contributed by atoms with E-state index in [-0.39, 0.29) is 17.5 Å². The monoisotopic (exact) mass is 456 g/mol. The Morgan fingerprint density at radius 2 is 1.73 bits per heavy atom. The number of H-pyrrole nitrogens is 1. The summed E-state index contributed by atoms with van der Waals surface area (Å²) in [6, 6.07) is 10.9. The van der Waals surface area contributed by atoms with Gasteiger partial charge in [0, 0.05) is 18.9 Å². The Kier molecular flexibility index (Phi) is 14.2. The molecule has 0 fully saturated rings. The van der Waals surface area contributed by atoms with Gasteiger partial charge in [0.05, 0.1) is 22.3 Å². The summed E-state index contributed by atoms with van der Waals surface area (Å²) in [5.41, 5.74) is 1.36. The van der Waals surface area contributed by atoms with Crippen molar-refractivity contribution in [2.24, 2.45) is 10.2 Å². The number of hydrogen-bond acceptors (Lipinski definition) is 5. The Labute approximate surface area is 194 Å². The van der Waals surface area contributed by atoms with E-state index < -0.39 is 11.8 Å². The van der Waals surface area contributed by atoms with Crippen molar-refractivity contribution in [3.05, 3.63) is 87.7 Å². The van der Waals surface area contributed by atoms with E-state index in [0.29, 0.717) is 22.0 Å². The maximum Gasteiger partial charge on any atom is 0.338 e. The second kappa shape index (κ2) is 16.0. The van der Waals surface area contributed by atoms with Crippen molar-refractivity contribution >= 4 is 16.7 Å². The highest BCUT2D eigenvalue weighted by Crippen LogP contribution is 2.18. The minimum Gasteiger partial charge on any atom is -0.478 e. The SMILES string of the molecule is C=C(CC)N=NC.CC.CC.O=C(O)c1cc(Cc2n[nH]c(=O)c3ccccc23)ccc1F. The minimum absolute atomic E-state index is 0.287. The number of allylic oxidation sites excluding steroid dienone is 1. The maximum absolute atomic E-state index is 13.4. The van der Waals surface area contributed by atoms with Crippen LogP contribution in [0.1, 0.15) is 62.7 Å². The molecule has 1 heterocycles. The lowest BCUT2D eigenvalue weighted by Crippen LogP contribution is -2.11. The van der Waals surface area contributed by atoms with Gasteiger partial charge in [0.15, 0.2) is 0 Å². The van der Waals surface area contributed by atoms with Crippen LogP contribution in [-0.2, 0) is 6.42 Å². The summed E-state index contributed by atoms with van der Waals surface area (Å²) >= 11 is 0. The smallest absolute Gasteiger partial charge is 0.338 e. The molecule has 0 aliphatic rings. The van der Waals surface area contributed by atoms with Gasteiger partial charge in [0.25, 0.3) is 5.56 Å². The number of halogens is 1. The van der Waals surface area contributed by atoms with Gasteiger partial charge in [-0.05, 0) is 30.2 Å². The number of nitrogens with zero attached hydrogens (tertiary/aromatic N) is 3. The highest BCUT2D eigenvalue weighted by molar-refractivity contribution is 5.88. The number of fused-ring (bicyclic) bond motifs is 1. The quantitative estimate of drug-likeness (QED) is 0.433. The first-order chi connectivity index (χ1) is 15.9. The summed E-state index contributed by atoms with van der Waals surface area (Å²) in [6.07, 6.45) is 1.18. The summed E-state index contributed by atoms with van der Waals surface area (Å²) in [4.78, 5) is 22.7. The molecule has 33 heavy (non-hydrogen) atoms. The van der Waals surface area contributed by atoms with E-state index in [2.05, 4.69) is 27.0 Å². The normalized spacial score (nSPS) is 9.67. The number of azo groups is 1. The molecule has 2 aromatic carbocycles. The molecule has 8 heteroatoms. The number of benzene rings is 2. The molecule has 3 rings (SSSR count). The van der Waals surface area contributed by atoms with Gasteiger partial charge in [-0.2, -0.15) is 15.3 Å². The van der Waals surface area contributed by atoms with Crippen molar-refractivity contribution in [2.45, 2.75) is 47.5 Å². The lowest BCUT2D eigenvalue weighted by Gasteiger charge is -2.06. The zero-order valence-electron chi connectivity index (χ0n) is 20.1. The average molecular weight is 457 g/mol. The fourth-order valence-electron chi connectivity index (χ4n) is 2.56. The Hall–Kier alpha value is -3.68. The number of carboxylic acid groups (broad SMARTS) is 1. The van der Waals surface area contributed by atoms with Crippen LogP contribution in [-0.4, -0.2) is 28.3 Å². The lowest BCUT2D eigenvalue weighted by atomic mass is 10.0. The lowest BCUT2D eigenvalue weighted by molar-refractivity contribution is 0.0691. The molecule has 0 saturated heterocycles. The zero-order valence-corrected chi connectivity index (χ0v) is 20.1. The number of carbonyl (C=O) groups is 1. The van der Waals surface area contributed by atoms with Gasteiger partial charge in [0.2, 0.25) is 0 Å². The van der Waals surface area contributed by atoms with Gasteiger partial charge in [-0.15, -0.1) is 0 Å². The van der Waals surface area contributed by atoms with Gasteiger partial charge >= 0.3 is 5.97 Å². The average Bonchev–Trinajstić information content (AvgIpc) is 2.85. The molecule has 0 saturated carbocycles. The van der Waals surface area contributed by atoms with E-state index in [4.69, 9.17) is 5.11 Å². The maximum atomic E-state index is 13.4. The highest BCUT2D eigenvalue weighted by Gasteiger charge is 2.12. The molecule has 3 aromatic rings. The second-order valence-electron chi connectivity index (χ2n) is 6.06. The van der Waals surface area contributed by atoms with Crippen molar-refractivity contribution in [1.29, 1.82) is 0 Å². The predicted octanol–water partition coefficient (Wildman–Crippen LogP) is 6.40. The van der Waals surface area contributed by atoms with Crippen molar-refractivity contribution < 1.29 is 14.3 Å². The summed E-state index contributed by atoms with van der Waals surface area (Å²) in [6.45, 7) is 13.6. The molecule has 7 nitrogen and oxygen atoms in total. The third kappa shape index (κ3) is 9.14. The second-order valence-corrected chi connectivity index (χ2v) is 6.06. The molecule has 0 amide bonds. The molecular weight excluding hydrogens is 423 g/mol. The van der Waals surface area contributed by atoms with Crippen molar-refractivity contribution in [2.75, 3.05) is 7.05 Å². The van der Waals surface area contributed by atoms with E-state index in [1.165, 1.54) is 12.1 Å². The number of aromatic carboxylic acids is 1. The fourth-order valence-corrected chi connectivity index (χ4v) is 2.56. The number of carboxylic acids is 1. The first-order valence-corrected chi connectivity index (χ1v) is 10.8. The number of aromatic amines is 1. The Morgan fingerprint density at radius 1 is 1.12 bits per heavy atom. The third-order valence-corrected chi connectivity index (χ3v) is 4.06. The van der Waals surface area contributed by atoms with Crippen molar-refractivity contribution in [1.82, 2.24) is 10.2 Å². The van der Waals surface area contributed by atoms with Gasteiger partial charge in [-0.1, -0.05) is 65.5 Å². The van der Waals surface area contributed by atoms with Crippen LogP contribution in [0.2, 0.25) is 0 Å². The Balaban J connectivity index is 0.000000793. The molecule has 1 aromatic heterocycles. The van der Waals surface area contributed by atoms with Crippen molar-refractivity contribution in [3.63, 3.8) is 0 Å². The summed E-state index contributed by atoms with van der Waals surface area (Å²) in [5.74, 6) is -2.10. The summed E-state index contributed by atoms with van der Waals surface area (Å²) in [7, 11) is 1.64. The van der Waals surface area contributed by atoms with Crippen LogP contribution in [0.5, 0.6) is 0 Å². The third-order valence-electron chi connectivity index (χ3n) is 4.06. The highest BCUT2D eigenvalue weighted by atomic mass is 19.1. The van der Waals surface area contributed by atoms with E-state index in [9.17, 15) is 14.0 Å². The molecular formula is C25H33FN4O3. The van der Waals surface area contributed by atoms with Crippen LogP contribution in [0.3, 0.4) is 0 Å². The van der Waals surface area contributed by atoms with E-state index in [0.717, 1.165) is 18.2 Å². The van der Waals surface area contributed by atoms with Gasteiger partial charge in [-0.25, -0.2) is 14.3 Å². The standard InChI is InChI=1S/C16H11FN2O3.C5H10N2.2C2H6/c17-13-6-5-9(7-12(13)16(21)22)8-14-10-3-1-2-4-11(10)15(20)19-18-14;1-4-5(2)7-6-3;2*1-2/h1-7H,8H2,(H,19,20)(H,21,22);2,4H2,1,3H3;2*1-2H3. The van der Waals surface area contributed by atoms with Gasteiger partial charge < -0.3 is 5.11 Å². The Morgan fingerprint density at radius 3 is 2.24 bits per heavy atom. The predicted molar refractivity (Wildman–Crippen MR) is 131 cm³/mol. The van der Waals surface area contributed by atoms with Crippen LogP contribution in [0.15, 0.2) is 69.8 Å². The van der Waals surface area contributed by atoms with E-state index in [1.807, 2.05) is 34.6 Å². The molecule has 0 aliphatic carbocycles. The summed E-state index contributed by atoms with van der Waals surface area (Å²) < 4.78 is 13.4. The Bertz CT molecular complexity index is 1120. The van der Waals surface area contributed by atoms with Gasteiger partial charge in [0.1, 0.15) is 5.82 Å². The number of nitrogens with one attached hydrogen (secondary N) is 1. The largest absolute Gasteiger partial charge is 0.478 e. The minimum atomic E-state index is -1.32. The molecule has 0 unspecified atom stereocenters. The van der Waals surface area contributed by atoms with Crippen LogP contribution in [0, 0.1) is 5.82 Å². The number of rotatable bonds is 5. The molecule has 0 atom stereocenters. The van der Waals surface area contributed by atoms with E-state index >= 15 is 0 Å². The van der Waals surface area contributed by atoms with Crippen LogP contribution in [0.4, 0.5) is 4.39 Å². The number of hydrogen-bond donors (Lipinski definition) is 2. The first-order valence-electron chi connectivity index (χ1n) is 10.8. The van der Waals surface area contributed by atoms with Crippen LogP contribution < -0.4 is 5.56 Å². The van der Waals surface area contributed by atoms with E-state index in [1.54, 1.807) is 31.3 Å². The molecule has 0 spiro atoms. The van der Waals surface area contributed by atoms with Crippen LogP contribution in [0.25, 0.3) is 10.8 Å². The first kappa shape index (κ1) is 29.3. The number of aromatic nitrogens is 2. The molecule has 0 aliphatic heterocycles. The van der Waals surface area contributed by atoms with Gasteiger partial charge in [-0.3, -0.25) is 4.79 Å².